The van der Waals surface area contributed by atoms with Gasteiger partial charge in [-0.05, 0) is 18.6 Å². The van der Waals surface area contributed by atoms with Crippen molar-refractivity contribution in [3.8, 4) is 0 Å². The first-order valence-electron chi connectivity index (χ1n) is 7.86. The van der Waals surface area contributed by atoms with E-state index < -0.39 is 0 Å². The Balaban J connectivity index is 1.67. The lowest BCUT2D eigenvalue weighted by Gasteiger charge is -2.16. The first-order chi connectivity index (χ1) is 11.6. The van der Waals surface area contributed by atoms with Crippen LogP contribution in [-0.4, -0.2) is 47.6 Å². The van der Waals surface area contributed by atoms with E-state index in [1.165, 1.54) is 0 Å². The molecule has 0 N–H and O–H groups in total. The zero-order chi connectivity index (χ0) is 16.8. The largest absolute Gasteiger partial charge is 0.334 e. The summed E-state index contributed by atoms with van der Waals surface area (Å²) < 4.78 is 5.02. The van der Waals surface area contributed by atoms with Crippen LogP contribution in [-0.2, 0) is 14.1 Å². The van der Waals surface area contributed by atoms with Gasteiger partial charge in [-0.1, -0.05) is 0 Å². The molecule has 4 heterocycles. The number of hydrogen-bond donors (Lipinski definition) is 0. The van der Waals surface area contributed by atoms with Gasteiger partial charge in [0, 0.05) is 45.8 Å². The SMILES string of the molecule is Cn1ccnc1C(=O)N1CC[C@@H](n2c(=O)n(C)c3cccnc32)C1. The Bertz CT molecular complexity index is 982. The van der Waals surface area contributed by atoms with Crippen LogP contribution in [0.5, 0.6) is 0 Å². The molecule has 0 aliphatic carbocycles. The van der Waals surface area contributed by atoms with E-state index in [9.17, 15) is 9.59 Å². The molecule has 1 fully saturated rings. The Kier molecular flexibility index (Phi) is 3.26. The monoisotopic (exact) mass is 326 g/mol. The molecule has 4 rings (SSSR count). The molecular formula is C16H18N6O2. The van der Waals surface area contributed by atoms with Gasteiger partial charge in [-0.3, -0.25) is 13.9 Å². The Morgan fingerprint density at radius 3 is 2.83 bits per heavy atom. The van der Waals surface area contributed by atoms with Crippen LogP contribution in [0.4, 0.5) is 0 Å². The molecule has 0 radical (unpaired) electrons. The number of pyridine rings is 1. The summed E-state index contributed by atoms with van der Waals surface area (Å²) in [5, 5.41) is 0. The molecular weight excluding hydrogens is 308 g/mol. The van der Waals surface area contributed by atoms with E-state index in [0.29, 0.717) is 24.6 Å². The number of likely N-dealkylation sites (tertiary alicyclic amines) is 1. The van der Waals surface area contributed by atoms with Crippen LogP contribution >= 0.6 is 0 Å². The van der Waals surface area contributed by atoms with Crippen molar-refractivity contribution < 1.29 is 4.79 Å². The predicted octanol–water partition coefficient (Wildman–Crippen LogP) is 0.556. The van der Waals surface area contributed by atoms with Gasteiger partial charge in [0.2, 0.25) is 0 Å². The molecule has 0 bridgehead atoms. The fraction of sp³-hybridized carbons (Fsp3) is 0.375. The number of amides is 1. The molecule has 1 amide bonds. The van der Waals surface area contributed by atoms with Gasteiger partial charge in [0.05, 0.1) is 11.6 Å². The van der Waals surface area contributed by atoms with Crippen molar-refractivity contribution in [1.29, 1.82) is 0 Å². The number of rotatable bonds is 2. The molecule has 0 aromatic carbocycles. The minimum atomic E-state index is -0.105. The number of aromatic nitrogens is 5. The second kappa shape index (κ2) is 5.33. The highest BCUT2D eigenvalue weighted by Gasteiger charge is 2.32. The average Bonchev–Trinajstić information content (AvgIpc) is 3.28. The van der Waals surface area contributed by atoms with Gasteiger partial charge in [0.15, 0.2) is 11.5 Å². The number of imidazole rings is 2. The smallest absolute Gasteiger partial charge is 0.330 e. The lowest BCUT2D eigenvalue weighted by Crippen LogP contribution is -2.33. The summed E-state index contributed by atoms with van der Waals surface area (Å²) in [5.41, 5.74) is 1.37. The maximum absolute atomic E-state index is 12.6. The van der Waals surface area contributed by atoms with Crippen molar-refractivity contribution in [1.82, 2.24) is 28.6 Å². The first kappa shape index (κ1) is 14.7. The third-order valence-corrected chi connectivity index (χ3v) is 4.68. The molecule has 3 aromatic heterocycles. The first-order valence-corrected chi connectivity index (χ1v) is 7.86. The van der Waals surface area contributed by atoms with Crippen LogP contribution < -0.4 is 5.69 Å². The average molecular weight is 326 g/mol. The Hall–Kier alpha value is -2.90. The van der Waals surface area contributed by atoms with E-state index in [1.807, 2.05) is 12.1 Å². The highest BCUT2D eigenvalue weighted by molar-refractivity contribution is 5.91. The molecule has 124 valence electrons. The van der Waals surface area contributed by atoms with E-state index in [4.69, 9.17) is 0 Å². The fourth-order valence-corrected chi connectivity index (χ4v) is 3.37. The van der Waals surface area contributed by atoms with Gasteiger partial charge in [-0.15, -0.1) is 0 Å². The molecule has 24 heavy (non-hydrogen) atoms. The van der Waals surface area contributed by atoms with Gasteiger partial charge >= 0.3 is 5.69 Å². The standard InChI is InChI=1S/C16H18N6O2/c1-19-9-7-18-14(19)15(23)21-8-5-11(10-21)22-13-12(4-3-6-17-13)20(2)16(22)24/h3-4,6-7,9,11H,5,8,10H2,1-2H3/t11-/m1/s1. The molecule has 1 aliphatic heterocycles. The van der Waals surface area contributed by atoms with Gasteiger partial charge in [-0.2, -0.15) is 0 Å². The quantitative estimate of drug-likeness (QED) is 0.689. The summed E-state index contributed by atoms with van der Waals surface area (Å²) in [4.78, 5) is 35.4. The van der Waals surface area contributed by atoms with Crippen molar-refractivity contribution in [2.75, 3.05) is 13.1 Å². The molecule has 0 spiro atoms. The molecule has 8 heteroatoms. The summed E-state index contributed by atoms with van der Waals surface area (Å²) >= 11 is 0. The summed E-state index contributed by atoms with van der Waals surface area (Å²) in [7, 11) is 3.54. The maximum atomic E-state index is 12.6. The summed E-state index contributed by atoms with van der Waals surface area (Å²) in [6.07, 6.45) is 5.77. The van der Waals surface area contributed by atoms with Crippen LogP contribution in [0, 0.1) is 0 Å². The van der Waals surface area contributed by atoms with E-state index >= 15 is 0 Å². The Labute approximate surface area is 138 Å². The molecule has 8 nitrogen and oxygen atoms in total. The minimum absolute atomic E-state index is 0.0691. The Morgan fingerprint density at radius 2 is 2.08 bits per heavy atom. The number of aryl methyl sites for hydroxylation is 2. The fourth-order valence-electron chi connectivity index (χ4n) is 3.37. The predicted molar refractivity (Wildman–Crippen MR) is 87.7 cm³/mol. The van der Waals surface area contributed by atoms with Crippen LogP contribution in [0.25, 0.3) is 11.2 Å². The molecule has 1 saturated heterocycles. The number of hydrogen-bond acceptors (Lipinski definition) is 4. The van der Waals surface area contributed by atoms with Gasteiger partial charge in [0.1, 0.15) is 0 Å². The summed E-state index contributed by atoms with van der Waals surface area (Å²) in [6.45, 7) is 1.09. The molecule has 1 atom stereocenters. The highest BCUT2D eigenvalue weighted by atomic mass is 16.2. The summed E-state index contributed by atoms with van der Waals surface area (Å²) in [6, 6.07) is 3.63. The van der Waals surface area contributed by atoms with Crippen molar-refractivity contribution in [2.24, 2.45) is 14.1 Å². The van der Waals surface area contributed by atoms with Crippen LogP contribution in [0.15, 0.2) is 35.5 Å². The van der Waals surface area contributed by atoms with Crippen molar-refractivity contribution in [3.63, 3.8) is 0 Å². The lowest BCUT2D eigenvalue weighted by atomic mass is 10.2. The zero-order valence-corrected chi connectivity index (χ0v) is 13.6. The van der Waals surface area contributed by atoms with Gasteiger partial charge in [0.25, 0.3) is 5.91 Å². The molecule has 0 unspecified atom stereocenters. The normalized spacial score (nSPS) is 17.8. The number of nitrogens with zero attached hydrogens (tertiary/aromatic N) is 6. The maximum Gasteiger partial charge on any atom is 0.330 e. The zero-order valence-electron chi connectivity index (χ0n) is 13.6. The number of carbonyl (C=O) groups excluding carboxylic acids is 1. The van der Waals surface area contributed by atoms with Crippen LogP contribution in [0.2, 0.25) is 0 Å². The summed E-state index contributed by atoms with van der Waals surface area (Å²) in [5.74, 6) is 0.310. The topological polar surface area (TPSA) is 78.0 Å². The van der Waals surface area contributed by atoms with E-state index in [-0.39, 0.29) is 17.6 Å². The molecule has 1 aliphatic rings. The highest BCUT2D eigenvalue weighted by Crippen LogP contribution is 2.24. The van der Waals surface area contributed by atoms with Crippen molar-refractivity contribution >= 4 is 17.1 Å². The van der Waals surface area contributed by atoms with Crippen LogP contribution in [0.3, 0.4) is 0 Å². The third-order valence-electron chi connectivity index (χ3n) is 4.68. The molecule has 3 aromatic rings. The lowest BCUT2D eigenvalue weighted by molar-refractivity contribution is 0.0772. The third kappa shape index (κ3) is 2.06. The van der Waals surface area contributed by atoms with E-state index in [0.717, 1.165) is 11.9 Å². The van der Waals surface area contributed by atoms with Gasteiger partial charge in [-0.25, -0.2) is 14.8 Å². The minimum Gasteiger partial charge on any atom is -0.334 e. The second-order valence-electron chi connectivity index (χ2n) is 6.11. The van der Waals surface area contributed by atoms with Crippen molar-refractivity contribution in [2.45, 2.75) is 12.5 Å². The second-order valence-corrected chi connectivity index (χ2v) is 6.11. The van der Waals surface area contributed by atoms with Crippen LogP contribution in [0.1, 0.15) is 23.1 Å². The molecule has 0 saturated carbocycles. The van der Waals surface area contributed by atoms with Crippen molar-refractivity contribution in [3.05, 3.63) is 47.0 Å². The van der Waals surface area contributed by atoms with Gasteiger partial charge < -0.3 is 9.47 Å². The van der Waals surface area contributed by atoms with E-state index in [2.05, 4.69) is 9.97 Å². The Morgan fingerprint density at radius 1 is 1.25 bits per heavy atom. The number of carbonyl (C=O) groups is 1. The number of fused-ring (bicyclic) bond motifs is 1. The van der Waals surface area contributed by atoms with E-state index in [1.54, 1.807) is 51.3 Å².